The molecule has 10 nitrogen and oxygen atoms in total. The van der Waals surface area contributed by atoms with Crippen molar-refractivity contribution in [2.75, 3.05) is 47.2 Å². The highest BCUT2D eigenvalue weighted by atomic mass is 32.1. The maximum atomic E-state index is 12.8. The molecule has 0 bridgehead atoms. The Bertz CT molecular complexity index is 1350. The second-order valence-electron chi connectivity index (χ2n) is 8.60. The van der Waals surface area contributed by atoms with Gasteiger partial charge in [0.15, 0.2) is 4.96 Å². The van der Waals surface area contributed by atoms with Crippen LogP contribution in [0.25, 0.3) is 16.2 Å². The Morgan fingerprint density at radius 3 is 2.44 bits per heavy atom. The fraction of sp³-hybridized carbons (Fsp3) is 0.357. The summed E-state index contributed by atoms with van der Waals surface area (Å²) in [4.78, 5) is 18.8. The maximum Gasteiger partial charge on any atom is 0.263 e. The summed E-state index contributed by atoms with van der Waals surface area (Å²) in [5.41, 5.74) is 2.42. The number of nitrogens with zero attached hydrogens (tertiary/aromatic N) is 2. The number of carbonyl (C=O) groups excluding carboxylic acids is 1. The number of ether oxygens (including phenoxy) is 4. The minimum Gasteiger partial charge on any atom is -0.497 e. The quantitative estimate of drug-likeness (QED) is 0.190. The second-order valence-corrected chi connectivity index (χ2v) is 9.61. The predicted molar refractivity (Wildman–Crippen MR) is 148 cm³/mol. The highest BCUT2D eigenvalue weighted by Gasteiger charge is 2.16. The molecule has 0 atom stereocenters. The van der Waals surface area contributed by atoms with Gasteiger partial charge >= 0.3 is 0 Å². The van der Waals surface area contributed by atoms with Gasteiger partial charge in [-0.2, -0.15) is 0 Å². The van der Waals surface area contributed by atoms with Crippen LogP contribution in [0.2, 0.25) is 0 Å². The van der Waals surface area contributed by atoms with E-state index in [2.05, 4.69) is 5.32 Å². The summed E-state index contributed by atoms with van der Waals surface area (Å²) in [7, 11) is 3.19. The molecule has 0 fully saturated rings. The van der Waals surface area contributed by atoms with E-state index in [-0.39, 0.29) is 19.1 Å². The number of methoxy groups -OCH3 is 2. The highest BCUT2D eigenvalue weighted by molar-refractivity contribution is 7.18. The van der Waals surface area contributed by atoms with Crippen molar-refractivity contribution in [2.24, 2.45) is 0 Å². The Morgan fingerprint density at radius 1 is 0.949 bits per heavy atom. The number of aliphatic hydroxyl groups excluding tert-OH is 2. The number of thiazole rings is 1. The monoisotopic (exact) mass is 555 g/mol. The second kappa shape index (κ2) is 13.8. The van der Waals surface area contributed by atoms with Crippen molar-refractivity contribution in [3.8, 4) is 34.3 Å². The summed E-state index contributed by atoms with van der Waals surface area (Å²) in [6, 6.07) is 11.1. The highest BCUT2D eigenvalue weighted by Crippen LogP contribution is 2.34. The summed E-state index contributed by atoms with van der Waals surface area (Å²) in [5.74, 6) is 2.50. The Morgan fingerprint density at radius 2 is 1.72 bits per heavy atom. The molecular formula is C28H33N3O7S. The smallest absolute Gasteiger partial charge is 0.263 e. The molecule has 0 aliphatic rings. The normalized spacial score (nSPS) is 11.0. The number of hydrogen-bond acceptors (Lipinski definition) is 9. The largest absolute Gasteiger partial charge is 0.497 e. The molecule has 0 aliphatic heterocycles. The zero-order valence-corrected chi connectivity index (χ0v) is 22.8. The van der Waals surface area contributed by atoms with Crippen LogP contribution in [-0.4, -0.2) is 72.7 Å². The number of benzene rings is 2. The number of imidazole rings is 1. The lowest BCUT2D eigenvalue weighted by Gasteiger charge is -2.13. The summed E-state index contributed by atoms with van der Waals surface area (Å²) >= 11 is 1.30. The van der Waals surface area contributed by atoms with Gasteiger partial charge in [-0.15, -0.1) is 0 Å². The van der Waals surface area contributed by atoms with Gasteiger partial charge in [0, 0.05) is 56.6 Å². The molecule has 0 spiro atoms. The minimum atomic E-state index is -0.180. The van der Waals surface area contributed by atoms with Crippen molar-refractivity contribution < 1.29 is 34.0 Å². The molecule has 4 aromatic rings. The van der Waals surface area contributed by atoms with Crippen molar-refractivity contribution in [3.05, 3.63) is 59.2 Å². The van der Waals surface area contributed by atoms with Gasteiger partial charge in [-0.25, -0.2) is 4.98 Å². The van der Waals surface area contributed by atoms with E-state index < -0.39 is 0 Å². The topological polar surface area (TPSA) is 124 Å². The van der Waals surface area contributed by atoms with Crippen molar-refractivity contribution in [1.82, 2.24) is 14.7 Å². The third-order valence-corrected chi connectivity index (χ3v) is 6.91. The first kappa shape index (κ1) is 28.2. The lowest BCUT2D eigenvalue weighted by molar-refractivity contribution is 0.0957. The number of hydrogen-bond donors (Lipinski definition) is 3. The van der Waals surface area contributed by atoms with E-state index in [4.69, 9.17) is 34.1 Å². The molecule has 11 heteroatoms. The van der Waals surface area contributed by atoms with E-state index in [1.807, 2.05) is 47.0 Å². The van der Waals surface area contributed by atoms with Crippen LogP contribution >= 0.6 is 11.3 Å². The third-order valence-electron chi connectivity index (χ3n) is 5.91. The number of fused-ring (bicyclic) bond motifs is 1. The lowest BCUT2D eigenvalue weighted by Crippen LogP contribution is -2.25. The summed E-state index contributed by atoms with van der Waals surface area (Å²) in [6.07, 6.45) is 5.27. The molecule has 2 heterocycles. The zero-order chi connectivity index (χ0) is 27.6. The van der Waals surface area contributed by atoms with E-state index in [0.717, 1.165) is 11.1 Å². The standard InChI is InChI=1S/C28H33N3O7S/c1-35-20-6-5-19(25(16-20)38-14-4-12-33)9-10-29-27(34)26-18-31-17-23(30-28(31)39-26)22-15-21(37-13-3-11-32)7-8-24(22)36-2/h5-8,15-18,32-33H,3-4,9-14H2,1-2H3,(H,29,34). The van der Waals surface area contributed by atoms with Gasteiger partial charge in [0.1, 0.15) is 27.9 Å². The van der Waals surface area contributed by atoms with E-state index in [1.54, 1.807) is 20.4 Å². The molecular weight excluding hydrogens is 522 g/mol. The Kier molecular flexibility index (Phi) is 10.0. The lowest BCUT2D eigenvalue weighted by atomic mass is 10.1. The van der Waals surface area contributed by atoms with Crippen LogP contribution in [0.3, 0.4) is 0 Å². The van der Waals surface area contributed by atoms with Crippen LogP contribution < -0.4 is 24.3 Å². The summed E-state index contributed by atoms with van der Waals surface area (Å²) in [5, 5.41) is 21.0. The van der Waals surface area contributed by atoms with Gasteiger partial charge < -0.3 is 34.5 Å². The van der Waals surface area contributed by atoms with E-state index in [0.29, 0.717) is 77.6 Å². The van der Waals surface area contributed by atoms with Crippen molar-refractivity contribution in [1.29, 1.82) is 0 Å². The van der Waals surface area contributed by atoms with Crippen LogP contribution in [0, 0.1) is 0 Å². The fourth-order valence-electron chi connectivity index (χ4n) is 3.91. The number of aliphatic hydroxyl groups is 2. The molecule has 2 aromatic heterocycles. The van der Waals surface area contributed by atoms with Crippen LogP contribution in [0.5, 0.6) is 23.0 Å². The molecule has 4 rings (SSSR count). The Balaban J connectivity index is 1.41. The van der Waals surface area contributed by atoms with E-state index in [9.17, 15) is 4.79 Å². The third kappa shape index (κ3) is 7.20. The van der Waals surface area contributed by atoms with Crippen LogP contribution in [0.1, 0.15) is 28.1 Å². The molecule has 0 saturated heterocycles. The first-order valence-electron chi connectivity index (χ1n) is 12.7. The average Bonchev–Trinajstić information content (AvgIpc) is 3.54. The molecule has 1 amide bonds. The van der Waals surface area contributed by atoms with Crippen molar-refractivity contribution in [3.63, 3.8) is 0 Å². The van der Waals surface area contributed by atoms with Gasteiger partial charge in [-0.1, -0.05) is 17.4 Å². The molecule has 0 radical (unpaired) electrons. The Labute approximate surface area is 230 Å². The molecule has 0 saturated carbocycles. The number of aromatic nitrogens is 2. The SMILES string of the molecule is COc1ccc(CCNC(=O)c2cn3cc(-c4cc(OCCCO)ccc4OC)nc3s2)c(OCCCO)c1. The fourth-order valence-corrected chi connectivity index (χ4v) is 4.79. The van der Waals surface area contributed by atoms with E-state index in [1.165, 1.54) is 11.3 Å². The summed E-state index contributed by atoms with van der Waals surface area (Å²) < 4.78 is 24.1. The van der Waals surface area contributed by atoms with Gasteiger partial charge in [-0.05, 0) is 36.2 Å². The molecule has 2 aromatic carbocycles. The molecule has 3 N–H and O–H groups in total. The van der Waals surface area contributed by atoms with Gasteiger partial charge in [-0.3, -0.25) is 9.20 Å². The number of amides is 1. The minimum absolute atomic E-state index is 0.0564. The van der Waals surface area contributed by atoms with Crippen molar-refractivity contribution in [2.45, 2.75) is 19.3 Å². The average molecular weight is 556 g/mol. The van der Waals surface area contributed by atoms with E-state index >= 15 is 0 Å². The number of rotatable bonds is 15. The van der Waals surface area contributed by atoms with Gasteiger partial charge in [0.2, 0.25) is 0 Å². The molecule has 208 valence electrons. The van der Waals surface area contributed by atoms with Gasteiger partial charge in [0.25, 0.3) is 5.91 Å². The summed E-state index contributed by atoms with van der Waals surface area (Å²) in [6.45, 7) is 1.36. The number of carbonyl (C=O) groups is 1. The van der Waals surface area contributed by atoms with Crippen LogP contribution in [0.15, 0.2) is 48.8 Å². The van der Waals surface area contributed by atoms with Crippen LogP contribution in [0.4, 0.5) is 0 Å². The molecule has 0 aliphatic carbocycles. The first-order valence-corrected chi connectivity index (χ1v) is 13.5. The van der Waals surface area contributed by atoms with Crippen LogP contribution in [-0.2, 0) is 6.42 Å². The first-order chi connectivity index (χ1) is 19.1. The number of nitrogens with one attached hydrogen (secondary N) is 1. The molecule has 39 heavy (non-hydrogen) atoms. The predicted octanol–water partition coefficient (Wildman–Crippen LogP) is 3.57. The Hall–Kier alpha value is -3.80. The maximum absolute atomic E-state index is 12.8. The van der Waals surface area contributed by atoms with Gasteiger partial charge in [0.05, 0.1) is 33.1 Å². The zero-order valence-electron chi connectivity index (χ0n) is 22.0. The van der Waals surface area contributed by atoms with Crippen molar-refractivity contribution >= 4 is 22.2 Å². The molecule has 0 unspecified atom stereocenters.